The van der Waals surface area contributed by atoms with E-state index in [4.69, 9.17) is 9.15 Å². The Hall–Kier alpha value is -3.27. The molecular weight excluding hydrogens is 338 g/mol. The minimum Gasteiger partial charge on any atom is -0.494 e. The number of ether oxygens (including phenoxy) is 1. The van der Waals surface area contributed by atoms with Gasteiger partial charge in [0.25, 0.3) is 0 Å². The molecule has 3 aromatic carbocycles. The highest BCUT2D eigenvalue weighted by atomic mass is 16.5. The van der Waals surface area contributed by atoms with Crippen molar-refractivity contribution in [1.29, 1.82) is 0 Å². The lowest BCUT2D eigenvalue weighted by molar-refractivity contribution is -0.116. The summed E-state index contributed by atoms with van der Waals surface area (Å²) in [5.74, 6) is 0.813. The number of hydrogen-bond acceptors (Lipinski definition) is 3. The van der Waals surface area contributed by atoms with E-state index in [1.807, 2.05) is 73.7 Å². The van der Waals surface area contributed by atoms with Crippen LogP contribution in [0.25, 0.3) is 21.9 Å². The number of aryl methyl sites for hydroxylation is 1. The number of furan rings is 1. The van der Waals surface area contributed by atoms with Crippen molar-refractivity contribution >= 4 is 33.5 Å². The second kappa shape index (κ2) is 7.54. The van der Waals surface area contributed by atoms with Crippen LogP contribution in [0, 0.1) is 6.92 Å². The van der Waals surface area contributed by atoms with E-state index in [1.54, 1.807) is 0 Å². The number of anilines is 1. The summed E-state index contributed by atoms with van der Waals surface area (Å²) in [5.41, 5.74) is 3.65. The molecule has 1 amide bonds. The molecule has 0 aliphatic carbocycles. The van der Waals surface area contributed by atoms with E-state index in [2.05, 4.69) is 5.32 Å². The average Bonchev–Trinajstić information content (AvgIpc) is 3.05. The molecule has 0 fully saturated rings. The van der Waals surface area contributed by atoms with Crippen LogP contribution >= 0.6 is 0 Å². The lowest BCUT2D eigenvalue weighted by atomic mass is 10.1. The van der Waals surface area contributed by atoms with Crippen LogP contribution in [0.3, 0.4) is 0 Å². The smallest absolute Gasteiger partial charge is 0.224 e. The van der Waals surface area contributed by atoms with Gasteiger partial charge in [-0.15, -0.1) is 0 Å². The molecular formula is C23H21NO3. The fraction of sp³-hybridized carbons (Fsp3) is 0.174. The van der Waals surface area contributed by atoms with Gasteiger partial charge < -0.3 is 14.5 Å². The van der Waals surface area contributed by atoms with Gasteiger partial charge in [-0.2, -0.15) is 0 Å². The first-order chi connectivity index (χ1) is 13.2. The largest absolute Gasteiger partial charge is 0.494 e. The van der Waals surface area contributed by atoms with Crippen LogP contribution in [-0.2, 0) is 4.79 Å². The van der Waals surface area contributed by atoms with Crippen molar-refractivity contribution in [2.45, 2.75) is 19.8 Å². The molecule has 0 aliphatic heterocycles. The number of amides is 1. The number of hydrogen-bond donors (Lipinski definition) is 1. The third-order valence-electron chi connectivity index (χ3n) is 4.50. The van der Waals surface area contributed by atoms with Crippen molar-refractivity contribution in [3.63, 3.8) is 0 Å². The van der Waals surface area contributed by atoms with Crippen molar-refractivity contribution in [1.82, 2.24) is 0 Å². The summed E-state index contributed by atoms with van der Waals surface area (Å²) in [5, 5.41) is 5.02. The number of nitrogens with one attached hydrogen (secondary N) is 1. The van der Waals surface area contributed by atoms with Gasteiger partial charge in [-0.1, -0.05) is 35.9 Å². The summed E-state index contributed by atoms with van der Waals surface area (Å²) in [6.45, 7) is 2.56. The minimum absolute atomic E-state index is 0.0188. The van der Waals surface area contributed by atoms with Crippen LogP contribution in [0.4, 0.5) is 5.69 Å². The number of rotatable bonds is 6. The summed E-state index contributed by atoms with van der Waals surface area (Å²) in [4.78, 5) is 12.2. The zero-order chi connectivity index (χ0) is 18.6. The molecule has 1 N–H and O–H groups in total. The second-order valence-electron chi connectivity index (χ2n) is 6.62. The molecule has 1 heterocycles. The minimum atomic E-state index is -0.0188. The molecule has 27 heavy (non-hydrogen) atoms. The number of fused-ring (bicyclic) bond motifs is 3. The van der Waals surface area contributed by atoms with E-state index in [9.17, 15) is 4.79 Å². The van der Waals surface area contributed by atoms with Crippen molar-refractivity contribution < 1.29 is 13.9 Å². The predicted octanol–water partition coefficient (Wildman–Crippen LogP) is 5.69. The van der Waals surface area contributed by atoms with E-state index < -0.39 is 0 Å². The number of carbonyl (C=O) groups excluding carboxylic acids is 1. The zero-order valence-corrected chi connectivity index (χ0v) is 15.2. The van der Waals surface area contributed by atoms with Crippen LogP contribution < -0.4 is 10.1 Å². The summed E-state index contributed by atoms with van der Waals surface area (Å²) in [7, 11) is 0. The highest BCUT2D eigenvalue weighted by molar-refractivity contribution is 6.06. The topological polar surface area (TPSA) is 51.5 Å². The Bertz CT molecular complexity index is 1080. The van der Waals surface area contributed by atoms with Gasteiger partial charge in [0.15, 0.2) is 0 Å². The van der Waals surface area contributed by atoms with E-state index in [0.717, 1.165) is 33.4 Å². The van der Waals surface area contributed by atoms with Gasteiger partial charge in [0, 0.05) is 22.9 Å². The van der Waals surface area contributed by atoms with Crippen molar-refractivity contribution in [3.8, 4) is 5.75 Å². The highest BCUT2D eigenvalue weighted by Crippen LogP contribution is 2.30. The van der Waals surface area contributed by atoms with Gasteiger partial charge in [0.05, 0.1) is 6.61 Å². The van der Waals surface area contributed by atoms with Gasteiger partial charge in [0.2, 0.25) is 5.91 Å². The third kappa shape index (κ3) is 3.95. The summed E-state index contributed by atoms with van der Waals surface area (Å²) >= 11 is 0. The molecule has 4 nitrogen and oxygen atoms in total. The lowest BCUT2D eigenvalue weighted by Gasteiger charge is -2.07. The van der Waals surface area contributed by atoms with Crippen LogP contribution in [-0.4, -0.2) is 12.5 Å². The van der Waals surface area contributed by atoms with Crippen molar-refractivity contribution in [3.05, 3.63) is 72.3 Å². The third-order valence-corrected chi connectivity index (χ3v) is 4.50. The number of carbonyl (C=O) groups is 1. The Kier molecular flexibility index (Phi) is 4.79. The summed E-state index contributed by atoms with van der Waals surface area (Å²) in [6.07, 6.45) is 1.08. The van der Waals surface area contributed by atoms with Gasteiger partial charge in [-0.25, -0.2) is 0 Å². The van der Waals surface area contributed by atoms with Crippen molar-refractivity contribution in [2.75, 3.05) is 11.9 Å². The first-order valence-electron chi connectivity index (χ1n) is 9.10. The van der Waals surface area contributed by atoms with E-state index in [1.165, 1.54) is 5.56 Å². The summed E-state index contributed by atoms with van der Waals surface area (Å²) in [6, 6.07) is 21.5. The molecule has 4 aromatic rings. The van der Waals surface area contributed by atoms with E-state index in [-0.39, 0.29) is 5.91 Å². The summed E-state index contributed by atoms with van der Waals surface area (Å²) < 4.78 is 11.5. The maximum Gasteiger partial charge on any atom is 0.224 e. The van der Waals surface area contributed by atoms with Gasteiger partial charge in [0.1, 0.15) is 16.9 Å². The SMILES string of the molecule is Cc1ccc(OCCCC(=O)Nc2ccc3oc4ccccc4c3c2)cc1. The number of benzene rings is 3. The molecule has 0 unspecified atom stereocenters. The molecule has 4 rings (SSSR count). The van der Waals surface area contributed by atoms with Crippen LogP contribution in [0.15, 0.2) is 71.1 Å². The molecule has 0 atom stereocenters. The number of para-hydroxylation sites is 1. The quantitative estimate of drug-likeness (QED) is 0.450. The Labute approximate surface area is 157 Å². The predicted molar refractivity (Wildman–Crippen MR) is 108 cm³/mol. The molecule has 4 heteroatoms. The zero-order valence-electron chi connectivity index (χ0n) is 15.2. The molecule has 0 saturated carbocycles. The Morgan fingerprint density at radius 2 is 1.74 bits per heavy atom. The van der Waals surface area contributed by atoms with Crippen LogP contribution in [0.1, 0.15) is 18.4 Å². The molecule has 0 bridgehead atoms. The van der Waals surface area contributed by atoms with Gasteiger partial charge >= 0.3 is 0 Å². The molecule has 0 spiro atoms. The molecule has 0 aliphatic rings. The van der Waals surface area contributed by atoms with E-state index in [0.29, 0.717) is 19.4 Å². The fourth-order valence-electron chi connectivity index (χ4n) is 3.08. The standard InChI is InChI=1S/C23H21NO3/c1-16-8-11-18(12-9-16)26-14-4-7-23(25)24-17-10-13-22-20(15-17)19-5-2-3-6-21(19)27-22/h2-3,5-6,8-13,15H,4,7,14H2,1H3,(H,24,25). The molecule has 136 valence electrons. The van der Waals surface area contributed by atoms with Gasteiger partial charge in [-0.3, -0.25) is 4.79 Å². The first-order valence-corrected chi connectivity index (χ1v) is 9.10. The van der Waals surface area contributed by atoms with Crippen LogP contribution in [0.5, 0.6) is 5.75 Å². The maximum absolute atomic E-state index is 12.2. The second-order valence-corrected chi connectivity index (χ2v) is 6.62. The highest BCUT2D eigenvalue weighted by Gasteiger charge is 2.08. The Morgan fingerprint density at radius 1 is 0.963 bits per heavy atom. The molecule has 1 aromatic heterocycles. The maximum atomic E-state index is 12.2. The first kappa shape index (κ1) is 17.2. The normalized spacial score (nSPS) is 11.0. The van der Waals surface area contributed by atoms with E-state index >= 15 is 0 Å². The van der Waals surface area contributed by atoms with Crippen molar-refractivity contribution in [2.24, 2.45) is 0 Å². The van der Waals surface area contributed by atoms with Gasteiger partial charge in [-0.05, 0) is 49.7 Å². The Morgan fingerprint density at radius 3 is 2.59 bits per heavy atom. The average molecular weight is 359 g/mol. The molecule has 0 saturated heterocycles. The Balaban J connectivity index is 1.33. The monoisotopic (exact) mass is 359 g/mol. The molecule has 0 radical (unpaired) electrons. The lowest BCUT2D eigenvalue weighted by Crippen LogP contribution is -2.12. The fourth-order valence-corrected chi connectivity index (χ4v) is 3.08. The van der Waals surface area contributed by atoms with Crippen LogP contribution in [0.2, 0.25) is 0 Å².